The third kappa shape index (κ3) is 6.52. The van der Waals surface area contributed by atoms with Crippen LogP contribution in [-0.2, 0) is 11.0 Å². The monoisotopic (exact) mass is 542 g/mol. The summed E-state index contributed by atoms with van der Waals surface area (Å²) in [6.45, 7) is 1.02. The summed E-state index contributed by atoms with van der Waals surface area (Å²) in [5.74, 6) is -1.01. The van der Waals surface area contributed by atoms with Gasteiger partial charge in [-0.1, -0.05) is 24.3 Å². The number of hydrogen-bond donors (Lipinski definition) is 2. The number of amides is 2. The molecule has 39 heavy (non-hydrogen) atoms. The first kappa shape index (κ1) is 27.6. The van der Waals surface area contributed by atoms with Gasteiger partial charge in [0.05, 0.1) is 17.1 Å². The van der Waals surface area contributed by atoms with Gasteiger partial charge in [0.25, 0.3) is 11.6 Å². The van der Waals surface area contributed by atoms with Gasteiger partial charge in [-0.25, -0.2) is 0 Å². The Hall–Kier alpha value is -4.45. The maximum Gasteiger partial charge on any atom is 0.416 e. The van der Waals surface area contributed by atoms with Crippen molar-refractivity contribution in [3.05, 3.63) is 94.0 Å². The molecule has 3 aromatic rings. The van der Waals surface area contributed by atoms with Gasteiger partial charge in [-0.2, -0.15) is 13.2 Å². The number of nitrogens with one attached hydrogen (secondary N) is 1. The smallest absolute Gasteiger partial charge is 0.394 e. The molecule has 1 saturated heterocycles. The zero-order valence-electron chi connectivity index (χ0n) is 20.6. The molecule has 0 spiro atoms. The van der Waals surface area contributed by atoms with Gasteiger partial charge in [-0.3, -0.25) is 19.7 Å². The molecule has 3 aromatic carbocycles. The molecular weight excluding hydrogens is 517 g/mol. The number of rotatable bonds is 7. The lowest BCUT2D eigenvalue weighted by atomic mass is 10.0. The Morgan fingerprint density at radius 1 is 0.897 bits per heavy atom. The number of alkyl halides is 3. The molecule has 1 fully saturated rings. The molecule has 4 rings (SSSR count). The molecule has 0 bridgehead atoms. The molecule has 2 amide bonds. The fraction of sp³-hybridized carbons (Fsp3) is 0.259. The molecule has 204 valence electrons. The van der Waals surface area contributed by atoms with Gasteiger partial charge in [0.15, 0.2) is 0 Å². The van der Waals surface area contributed by atoms with Crippen molar-refractivity contribution in [1.29, 1.82) is 0 Å². The molecule has 1 heterocycles. The van der Waals surface area contributed by atoms with E-state index in [0.717, 1.165) is 17.8 Å². The van der Waals surface area contributed by atoms with Crippen molar-refractivity contribution < 1.29 is 32.8 Å². The molecule has 1 unspecified atom stereocenters. The highest BCUT2D eigenvalue weighted by Gasteiger charge is 2.30. The molecule has 0 saturated carbocycles. The van der Waals surface area contributed by atoms with Crippen molar-refractivity contribution in [2.45, 2.75) is 12.2 Å². The first-order valence-corrected chi connectivity index (χ1v) is 12.0. The number of aliphatic hydroxyl groups excluding tert-OH is 1. The van der Waals surface area contributed by atoms with Crippen LogP contribution in [0.1, 0.15) is 15.9 Å². The highest BCUT2D eigenvalue weighted by molar-refractivity contribution is 5.98. The highest BCUT2D eigenvalue weighted by atomic mass is 19.4. The average Bonchev–Trinajstić information content (AvgIpc) is 2.95. The molecule has 1 aliphatic heterocycles. The average molecular weight is 543 g/mol. The summed E-state index contributed by atoms with van der Waals surface area (Å²) >= 11 is 0. The number of nitrogens with zero attached hydrogens (tertiary/aromatic N) is 3. The molecule has 0 aliphatic carbocycles. The van der Waals surface area contributed by atoms with E-state index in [9.17, 15) is 38.0 Å². The number of non-ortho nitro benzene ring substituents is 1. The number of carbonyl (C=O) groups is 2. The van der Waals surface area contributed by atoms with Gasteiger partial charge in [0.2, 0.25) is 5.91 Å². The van der Waals surface area contributed by atoms with Gasteiger partial charge in [-0.15, -0.1) is 0 Å². The van der Waals surface area contributed by atoms with E-state index < -0.39 is 41.1 Å². The summed E-state index contributed by atoms with van der Waals surface area (Å²) < 4.78 is 38.4. The largest absolute Gasteiger partial charge is 0.416 e. The van der Waals surface area contributed by atoms with E-state index in [1.807, 2.05) is 4.90 Å². The van der Waals surface area contributed by atoms with E-state index in [2.05, 4.69) is 5.32 Å². The van der Waals surface area contributed by atoms with Crippen LogP contribution in [0.15, 0.2) is 72.8 Å². The molecule has 9 nitrogen and oxygen atoms in total. The second-order valence-corrected chi connectivity index (χ2v) is 8.95. The topological polar surface area (TPSA) is 116 Å². The van der Waals surface area contributed by atoms with Gasteiger partial charge < -0.3 is 20.2 Å². The minimum atomic E-state index is -4.43. The van der Waals surface area contributed by atoms with Crippen molar-refractivity contribution in [3.8, 4) is 11.1 Å². The number of carbonyl (C=O) groups excluding carboxylic acids is 2. The van der Waals surface area contributed by atoms with Crippen LogP contribution >= 0.6 is 0 Å². The Bertz CT molecular complexity index is 1320. The Kier molecular flexibility index (Phi) is 8.15. The number of halogens is 3. The predicted octanol–water partition coefficient (Wildman–Crippen LogP) is 3.72. The fourth-order valence-corrected chi connectivity index (χ4v) is 4.28. The number of nitro groups is 1. The number of nitro benzene ring substituents is 1. The molecule has 1 aliphatic rings. The molecule has 2 N–H and O–H groups in total. The molecule has 0 aromatic heterocycles. The first-order chi connectivity index (χ1) is 18.6. The second kappa shape index (κ2) is 11.5. The standard InChI is InChI=1S/C27H25F3N4O5/c28-27(29,30)21-7-5-19(6-8-21)18-1-3-20(4-2-18)25(36)31-24(17-35)26(37)33-15-13-32(14-16-33)22-9-11-23(12-10-22)34(38)39/h1-12,24,35H,13-17H2,(H,31,36). The lowest BCUT2D eigenvalue weighted by Crippen LogP contribution is -2.56. The normalized spacial score (nSPS) is 14.6. The third-order valence-electron chi connectivity index (χ3n) is 6.50. The van der Waals surface area contributed by atoms with E-state index in [1.165, 1.54) is 41.3 Å². The van der Waals surface area contributed by atoms with Crippen LogP contribution in [0.4, 0.5) is 24.5 Å². The lowest BCUT2D eigenvalue weighted by Gasteiger charge is -2.37. The van der Waals surface area contributed by atoms with Gasteiger partial charge in [-0.05, 0) is 47.5 Å². The maximum atomic E-state index is 13.0. The summed E-state index contributed by atoms with van der Waals surface area (Å²) in [6.07, 6.45) is -4.43. The Balaban J connectivity index is 1.33. The Morgan fingerprint density at radius 2 is 1.44 bits per heavy atom. The van der Waals surface area contributed by atoms with Crippen molar-refractivity contribution in [1.82, 2.24) is 10.2 Å². The van der Waals surface area contributed by atoms with Gasteiger partial charge >= 0.3 is 6.18 Å². The van der Waals surface area contributed by atoms with E-state index in [0.29, 0.717) is 37.3 Å². The number of benzene rings is 3. The summed E-state index contributed by atoms with van der Waals surface area (Å²) in [7, 11) is 0. The summed E-state index contributed by atoms with van der Waals surface area (Å²) in [4.78, 5) is 39.6. The Labute approximate surface area is 221 Å². The van der Waals surface area contributed by atoms with Gasteiger partial charge in [0.1, 0.15) is 6.04 Å². The van der Waals surface area contributed by atoms with Crippen LogP contribution < -0.4 is 10.2 Å². The van der Waals surface area contributed by atoms with Crippen molar-refractivity contribution in [2.24, 2.45) is 0 Å². The maximum absolute atomic E-state index is 13.0. The predicted molar refractivity (Wildman–Crippen MR) is 137 cm³/mol. The van der Waals surface area contributed by atoms with Crippen LogP contribution in [0.2, 0.25) is 0 Å². The number of piperazine rings is 1. The third-order valence-corrected chi connectivity index (χ3v) is 6.50. The zero-order valence-corrected chi connectivity index (χ0v) is 20.6. The fourth-order valence-electron chi connectivity index (χ4n) is 4.28. The summed E-state index contributed by atoms with van der Waals surface area (Å²) in [5, 5.41) is 23.2. The van der Waals surface area contributed by atoms with Crippen LogP contribution in [-0.4, -0.2) is 65.6 Å². The summed E-state index contributed by atoms with van der Waals surface area (Å²) in [6, 6.07) is 15.8. The van der Waals surface area contributed by atoms with Crippen LogP contribution in [0.25, 0.3) is 11.1 Å². The molecule has 12 heteroatoms. The molecule has 1 atom stereocenters. The number of aliphatic hydroxyl groups is 1. The van der Waals surface area contributed by atoms with E-state index in [-0.39, 0.29) is 11.3 Å². The summed E-state index contributed by atoms with van der Waals surface area (Å²) in [5.41, 5.74) is 1.41. The number of anilines is 1. The minimum Gasteiger partial charge on any atom is -0.394 e. The lowest BCUT2D eigenvalue weighted by molar-refractivity contribution is -0.384. The number of hydrogen-bond acceptors (Lipinski definition) is 6. The van der Waals surface area contributed by atoms with E-state index in [4.69, 9.17) is 0 Å². The van der Waals surface area contributed by atoms with Crippen LogP contribution in [0, 0.1) is 10.1 Å². The molecular formula is C27H25F3N4O5. The van der Waals surface area contributed by atoms with Crippen molar-refractivity contribution >= 4 is 23.2 Å². The van der Waals surface area contributed by atoms with E-state index in [1.54, 1.807) is 24.3 Å². The minimum absolute atomic E-state index is 0.0108. The Morgan fingerprint density at radius 3 is 1.92 bits per heavy atom. The molecule has 0 radical (unpaired) electrons. The SMILES string of the molecule is O=C(NC(CO)C(=O)N1CCN(c2ccc([N+](=O)[O-])cc2)CC1)c1ccc(-c2ccc(C(F)(F)F)cc2)cc1. The van der Waals surface area contributed by atoms with E-state index >= 15 is 0 Å². The van der Waals surface area contributed by atoms with Crippen molar-refractivity contribution in [3.63, 3.8) is 0 Å². The quantitative estimate of drug-likeness (QED) is 0.347. The highest BCUT2D eigenvalue weighted by Crippen LogP contribution is 2.31. The zero-order chi connectivity index (χ0) is 28.2. The first-order valence-electron chi connectivity index (χ1n) is 12.0. The second-order valence-electron chi connectivity index (χ2n) is 8.95. The van der Waals surface area contributed by atoms with Crippen molar-refractivity contribution in [2.75, 3.05) is 37.7 Å². The van der Waals surface area contributed by atoms with Crippen LogP contribution in [0.3, 0.4) is 0 Å². The van der Waals surface area contributed by atoms with Gasteiger partial charge in [0, 0.05) is 49.6 Å². The van der Waals surface area contributed by atoms with Crippen LogP contribution in [0.5, 0.6) is 0 Å².